The van der Waals surface area contributed by atoms with Crippen molar-refractivity contribution in [3.8, 4) is 17.2 Å². The quantitative estimate of drug-likeness (QED) is 0.0194. The fourth-order valence-electron chi connectivity index (χ4n) is 5.41. The summed E-state index contributed by atoms with van der Waals surface area (Å²) in [4.78, 5) is 54.9. The Morgan fingerprint density at radius 3 is 1.72 bits per heavy atom. The van der Waals surface area contributed by atoms with Crippen molar-refractivity contribution in [3.63, 3.8) is 0 Å². The van der Waals surface area contributed by atoms with Crippen LogP contribution in [-0.4, -0.2) is 72.5 Å². The monoisotopic (exact) mass is 920 g/mol. The summed E-state index contributed by atoms with van der Waals surface area (Å²) >= 11 is 0. The zero-order valence-electron chi connectivity index (χ0n) is 36.0. The van der Waals surface area contributed by atoms with Gasteiger partial charge in [-0.25, -0.2) is 4.79 Å². The number of nitrogens with two attached hydrogens (primary N) is 7. The van der Waals surface area contributed by atoms with E-state index in [0.717, 1.165) is 0 Å². The summed E-state index contributed by atoms with van der Waals surface area (Å²) in [6.07, 6.45) is 0.975. The van der Waals surface area contributed by atoms with Gasteiger partial charge >= 0.3 is 11.9 Å². The van der Waals surface area contributed by atoms with Gasteiger partial charge in [0.2, 0.25) is 0 Å². The van der Waals surface area contributed by atoms with Crippen molar-refractivity contribution in [2.45, 2.75) is 25.8 Å². The van der Waals surface area contributed by atoms with Crippen LogP contribution in [0.15, 0.2) is 127 Å². The lowest BCUT2D eigenvalue weighted by Crippen LogP contribution is -2.34. The Balaban J connectivity index is 0.000000282. The van der Waals surface area contributed by atoms with E-state index in [1.54, 1.807) is 104 Å². The Morgan fingerprint density at radius 2 is 1.22 bits per heavy atom. The van der Waals surface area contributed by atoms with Gasteiger partial charge in [-0.05, 0) is 80.4 Å². The number of hydrogen-bond acceptors (Lipinski definition) is 16. The molecule has 0 saturated carbocycles. The number of aliphatic carboxylic acids is 1. The lowest BCUT2D eigenvalue weighted by molar-refractivity contribution is -0.385. The van der Waals surface area contributed by atoms with Gasteiger partial charge in [0, 0.05) is 75.4 Å². The van der Waals surface area contributed by atoms with Gasteiger partial charge in [-0.1, -0.05) is 48.5 Å². The number of carbonyl (C=O) groups excluding carboxylic acids is 2. The molecule has 0 fully saturated rings. The lowest BCUT2D eigenvalue weighted by atomic mass is 9.83. The number of phenols is 3. The number of fused-ring (bicyclic) bond motifs is 2. The number of nitrogens with zero attached hydrogens (tertiary/aromatic N) is 1. The van der Waals surface area contributed by atoms with E-state index >= 15 is 0 Å². The number of nitro groups is 1. The lowest BCUT2D eigenvalue weighted by Gasteiger charge is -2.18. The highest BCUT2D eigenvalue weighted by Crippen LogP contribution is 2.30. The fourth-order valence-corrected chi connectivity index (χ4v) is 5.41. The zero-order chi connectivity index (χ0) is 50.4. The summed E-state index contributed by atoms with van der Waals surface area (Å²) in [7, 11) is 0. The molecule has 21 N–H and O–H groups in total. The molecular formula is C46H52N10O11. The molecule has 1 aliphatic rings. The second-order valence-corrected chi connectivity index (χ2v) is 13.9. The maximum absolute atomic E-state index is 12.2. The van der Waals surface area contributed by atoms with E-state index in [2.05, 4.69) is 5.32 Å². The number of carboxylic acids is 2. The van der Waals surface area contributed by atoms with E-state index in [4.69, 9.17) is 71.1 Å². The van der Waals surface area contributed by atoms with E-state index in [9.17, 15) is 29.3 Å². The number of carbonyl (C=O) groups is 4. The number of phenolic OH excluding ortho intramolecular Hbond substituents is 2. The number of benzene rings is 6. The van der Waals surface area contributed by atoms with Gasteiger partial charge in [-0.3, -0.25) is 29.9 Å². The fraction of sp³-hybridized carbons (Fsp3) is 0.109. The van der Waals surface area contributed by atoms with Crippen LogP contribution >= 0.6 is 0 Å². The van der Waals surface area contributed by atoms with Crippen molar-refractivity contribution in [2.75, 3.05) is 35.2 Å². The molecule has 6 aromatic carbocycles. The number of nitrogens with one attached hydrogen (secondary N) is 2. The van der Waals surface area contributed by atoms with Crippen molar-refractivity contribution in [3.05, 3.63) is 171 Å². The first-order valence-electron chi connectivity index (χ1n) is 19.6. The number of hydrogen-bond donors (Lipinski definition) is 14. The first-order chi connectivity index (χ1) is 31.5. The van der Waals surface area contributed by atoms with Gasteiger partial charge in [-0.15, -0.1) is 0 Å². The molecule has 0 radical (unpaired) electrons. The standard InChI is InChI=1S/C14H9NO2.C7H8N2O2.C7H7NO3.C6H14N4O2.2C6H7NO/c15-11-7-3-6-10-12(11)14(17)9-5-2-1-4-8(9)13(10)16;1-5-6(8)3-2-4-7(5)9(10)11;8-4-1-2-5(7(10)11)6(9)3-4;7-4(5(11)12)2-1-3-10-6(8)9;7-5-1-3-6(8)4-2-5;7-5-2-1-3-6(8)4-5/h1-7H,15H2;2-4H,8H2,1H3;1-3,9H,8H2,(H,10,11);4H,1-3,7H2,(H,11,12)(H4,8,9,10);2*1-4,8H,7H2. The molecule has 0 aliphatic heterocycles. The minimum atomic E-state index is -1.16. The Labute approximate surface area is 383 Å². The maximum Gasteiger partial charge on any atom is 0.339 e. The van der Waals surface area contributed by atoms with Gasteiger partial charge in [-0.2, -0.15) is 0 Å². The number of carboxylic acid groups (broad SMARTS) is 2. The van der Waals surface area contributed by atoms with Crippen LogP contribution in [0.3, 0.4) is 0 Å². The molecule has 1 aliphatic carbocycles. The van der Waals surface area contributed by atoms with Crippen LogP contribution in [0.1, 0.15) is 60.6 Å². The summed E-state index contributed by atoms with van der Waals surface area (Å²) in [5.74, 6) is -2.43. The molecule has 21 heteroatoms. The van der Waals surface area contributed by atoms with Crippen molar-refractivity contribution in [1.82, 2.24) is 5.32 Å². The summed E-state index contributed by atoms with van der Waals surface area (Å²) in [5.41, 5.74) is 41.8. The number of ketones is 2. The normalized spacial score (nSPS) is 10.8. The van der Waals surface area contributed by atoms with Crippen molar-refractivity contribution >= 4 is 63.6 Å². The highest BCUT2D eigenvalue weighted by molar-refractivity contribution is 6.30. The number of nitrogen functional groups attached to an aromatic ring is 5. The molecule has 352 valence electrons. The van der Waals surface area contributed by atoms with Crippen LogP contribution in [0.2, 0.25) is 0 Å². The number of nitro benzene ring substituents is 1. The summed E-state index contributed by atoms with van der Waals surface area (Å²) in [6.45, 7) is 2.11. The van der Waals surface area contributed by atoms with Gasteiger partial charge < -0.3 is 71.0 Å². The molecule has 0 spiro atoms. The molecule has 0 heterocycles. The van der Waals surface area contributed by atoms with Gasteiger partial charge in [0.1, 0.15) is 28.9 Å². The first kappa shape index (κ1) is 53.8. The number of aromatic hydroxyl groups is 3. The van der Waals surface area contributed by atoms with E-state index in [-0.39, 0.29) is 46.0 Å². The topological polar surface area (TPSA) is 431 Å². The summed E-state index contributed by atoms with van der Waals surface area (Å²) in [6, 6.07) is 32.4. The predicted octanol–water partition coefficient (Wildman–Crippen LogP) is 4.81. The highest BCUT2D eigenvalue weighted by Gasteiger charge is 2.30. The number of rotatable bonds is 7. The number of guanidine groups is 1. The Hall–Kier alpha value is -9.37. The van der Waals surface area contributed by atoms with E-state index in [0.29, 0.717) is 75.6 Å². The van der Waals surface area contributed by atoms with Crippen LogP contribution in [0, 0.1) is 22.4 Å². The van der Waals surface area contributed by atoms with Gasteiger partial charge in [0.25, 0.3) is 5.69 Å². The minimum Gasteiger partial charge on any atom is -0.508 e. The molecule has 7 rings (SSSR count). The largest absolute Gasteiger partial charge is 0.508 e. The molecule has 1 atom stereocenters. The van der Waals surface area contributed by atoms with Crippen LogP contribution in [0.5, 0.6) is 17.2 Å². The second-order valence-electron chi connectivity index (χ2n) is 13.9. The van der Waals surface area contributed by atoms with Crippen molar-refractivity contribution < 1.29 is 49.6 Å². The molecule has 0 amide bonds. The van der Waals surface area contributed by atoms with Gasteiger partial charge in [0.05, 0.1) is 10.5 Å². The Bertz CT molecular complexity index is 2640. The molecular weight excluding hydrogens is 869 g/mol. The number of aromatic carboxylic acids is 1. The summed E-state index contributed by atoms with van der Waals surface area (Å²) < 4.78 is 0. The second kappa shape index (κ2) is 26.3. The third kappa shape index (κ3) is 17.7. The SMILES string of the molecule is Cc1c(N)cccc1[N+](=O)[O-].N=C(N)NCCCC(N)C(=O)O.Nc1ccc(C(=O)O)c(O)c1.Nc1ccc(O)cc1.Nc1cccc(O)c1.Nc1cccc2c1C(=O)c1ccccc1C2=O. The average molecular weight is 921 g/mol. The molecule has 6 aromatic rings. The van der Waals surface area contributed by atoms with Crippen molar-refractivity contribution in [1.29, 1.82) is 5.41 Å². The molecule has 0 aromatic heterocycles. The van der Waals surface area contributed by atoms with Crippen LogP contribution in [0.4, 0.5) is 34.1 Å². The summed E-state index contributed by atoms with van der Waals surface area (Å²) in [5, 5.41) is 62.9. The Morgan fingerprint density at radius 1 is 0.687 bits per heavy atom. The van der Waals surface area contributed by atoms with Crippen molar-refractivity contribution in [2.24, 2.45) is 11.5 Å². The highest BCUT2D eigenvalue weighted by atomic mass is 16.6. The van der Waals surface area contributed by atoms with Crippen LogP contribution in [0.25, 0.3) is 0 Å². The van der Waals surface area contributed by atoms with E-state index in [1.807, 2.05) is 0 Å². The molecule has 0 saturated heterocycles. The van der Waals surface area contributed by atoms with E-state index < -0.39 is 22.9 Å². The zero-order valence-corrected chi connectivity index (χ0v) is 36.0. The van der Waals surface area contributed by atoms with Gasteiger partial charge in [0.15, 0.2) is 17.5 Å². The third-order valence-corrected chi connectivity index (χ3v) is 8.87. The smallest absolute Gasteiger partial charge is 0.339 e. The molecule has 0 bridgehead atoms. The predicted molar refractivity (Wildman–Crippen MR) is 256 cm³/mol. The first-order valence-corrected chi connectivity index (χ1v) is 19.6. The Kier molecular flexibility index (Phi) is 21.1. The van der Waals surface area contributed by atoms with Crippen LogP contribution in [-0.2, 0) is 4.79 Å². The maximum atomic E-state index is 12.2. The van der Waals surface area contributed by atoms with Crippen LogP contribution < -0.4 is 45.5 Å². The molecule has 21 nitrogen and oxygen atoms in total. The van der Waals surface area contributed by atoms with E-state index in [1.165, 1.54) is 30.3 Å². The molecule has 1 unspecified atom stereocenters. The molecule has 67 heavy (non-hydrogen) atoms. The number of anilines is 5. The third-order valence-electron chi connectivity index (χ3n) is 8.87. The minimum absolute atomic E-state index is 0.0741. The average Bonchev–Trinajstić information content (AvgIpc) is 3.27.